The molecule has 1 heterocycles. The number of hydrogen-bond donors (Lipinski definition) is 3. The van der Waals surface area contributed by atoms with E-state index in [4.69, 9.17) is 27.9 Å². The smallest absolute Gasteiger partial charge is 0.335 e. The number of halogens is 2. The molecule has 3 aromatic rings. The summed E-state index contributed by atoms with van der Waals surface area (Å²) >= 11 is 12.5. The Morgan fingerprint density at radius 2 is 1.33 bits per heavy atom. The summed E-state index contributed by atoms with van der Waals surface area (Å²) < 4.78 is 5.82. The second-order valence-electron chi connectivity index (χ2n) is 6.06. The van der Waals surface area contributed by atoms with E-state index in [2.05, 4.69) is 0 Å². The maximum atomic E-state index is 11.8. The molecular formula is C20H12Cl2O5. The normalized spacial score (nSPS) is 12.8. The Hall–Kier alpha value is -2.89. The lowest BCUT2D eigenvalue weighted by Crippen LogP contribution is -2.15. The van der Waals surface area contributed by atoms with Gasteiger partial charge in [0.2, 0.25) is 0 Å². The van der Waals surface area contributed by atoms with Crippen LogP contribution in [-0.4, -0.2) is 21.3 Å². The average molecular weight is 403 g/mol. The van der Waals surface area contributed by atoms with Crippen molar-refractivity contribution in [1.29, 1.82) is 0 Å². The van der Waals surface area contributed by atoms with Crippen molar-refractivity contribution in [3.8, 4) is 23.0 Å². The van der Waals surface area contributed by atoms with Crippen LogP contribution in [0.4, 0.5) is 0 Å². The van der Waals surface area contributed by atoms with E-state index in [-0.39, 0.29) is 38.6 Å². The number of carbonyl (C=O) groups is 1. The van der Waals surface area contributed by atoms with Gasteiger partial charge in [0.1, 0.15) is 21.5 Å². The third-order valence-corrected chi connectivity index (χ3v) is 5.27. The zero-order valence-corrected chi connectivity index (χ0v) is 15.1. The molecule has 0 amide bonds. The Kier molecular flexibility index (Phi) is 4.13. The fourth-order valence-corrected chi connectivity index (χ4v) is 3.75. The quantitative estimate of drug-likeness (QED) is 0.418. The molecule has 0 unspecified atom stereocenters. The Bertz CT molecular complexity index is 1040. The molecule has 3 N–H and O–H groups in total. The van der Waals surface area contributed by atoms with Gasteiger partial charge in [-0.15, -0.1) is 0 Å². The summed E-state index contributed by atoms with van der Waals surface area (Å²) in [5, 5.41) is 29.5. The lowest BCUT2D eigenvalue weighted by molar-refractivity contribution is 0.0695. The van der Waals surface area contributed by atoms with Crippen molar-refractivity contribution in [2.45, 2.75) is 5.92 Å². The van der Waals surface area contributed by atoms with Crippen LogP contribution in [-0.2, 0) is 0 Å². The van der Waals surface area contributed by atoms with Crippen molar-refractivity contribution < 1.29 is 24.9 Å². The summed E-state index contributed by atoms with van der Waals surface area (Å²) in [4.78, 5) is 11.8. The monoisotopic (exact) mass is 402 g/mol. The highest BCUT2D eigenvalue weighted by atomic mass is 35.5. The predicted octanol–water partition coefficient (Wildman–Crippen LogP) is 5.39. The molecule has 3 aromatic carbocycles. The zero-order valence-electron chi connectivity index (χ0n) is 13.6. The van der Waals surface area contributed by atoms with Crippen LogP contribution in [0.5, 0.6) is 23.0 Å². The molecule has 0 saturated carbocycles. The second-order valence-corrected chi connectivity index (χ2v) is 6.82. The fraction of sp³-hybridized carbons (Fsp3) is 0.0500. The summed E-state index contributed by atoms with van der Waals surface area (Å²) in [6.07, 6.45) is 0. The van der Waals surface area contributed by atoms with Gasteiger partial charge in [0, 0.05) is 17.0 Å². The van der Waals surface area contributed by atoms with E-state index >= 15 is 0 Å². The van der Waals surface area contributed by atoms with E-state index < -0.39 is 11.9 Å². The standard InChI is InChI=1S/C20H12Cl2O5/c21-16-13(23)7-5-11-15(9-3-1-2-4-10(9)20(25)26)12-6-8-14(24)17(22)19(12)27-18(11)16/h1-8,15,23-24H,(H,25,26). The lowest BCUT2D eigenvalue weighted by Gasteiger charge is -2.30. The first kappa shape index (κ1) is 17.5. The van der Waals surface area contributed by atoms with E-state index in [1.165, 1.54) is 18.2 Å². The molecule has 0 fully saturated rings. The molecule has 0 aliphatic carbocycles. The van der Waals surface area contributed by atoms with Crippen LogP contribution in [0.25, 0.3) is 0 Å². The van der Waals surface area contributed by atoms with E-state index in [1.54, 1.807) is 30.3 Å². The molecule has 0 radical (unpaired) electrons. The number of carboxylic acid groups (broad SMARTS) is 1. The van der Waals surface area contributed by atoms with Gasteiger partial charge >= 0.3 is 5.97 Å². The molecule has 1 aliphatic rings. The molecule has 5 nitrogen and oxygen atoms in total. The number of benzene rings is 3. The van der Waals surface area contributed by atoms with Crippen LogP contribution in [0.15, 0.2) is 48.5 Å². The highest BCUT2D eigenvalue weighted by molar-refractivity contribution is 6.34. The maximum Gasteiger partial charge on any atom is 0.335 e. The molecule has 0 saturated heterocycles. The summed E-state index contributed by atoms with van der Waals surface area (Å²) in [6, 6.07) is 12.7. The van der Waals surface area contributed by atoms with Gasteiger partial charge in [0.25, 0.3) is 0 Å². The summed E-state index contributed by atoms with van der Waals surface area (Å²) in [6.45, 7) is 0. The largest absolute Gasteiger partial charge is 0.506 e. The number of aromatic hydroxyl groups is 2. The van der Waals surface area contributed by atoms with Gasteiger partial charge in [-0.25, -0.2) is 4.79 Å². The van der Waals surface area contributed by atoms with Crippen molar-refractivity contribution in [2.24, 2.45) is 0 Å². The SMILES string of the molecule is O=C(O)c1ccccc1C1c2ccc(O)c(Cl)c2Oc2c1ccc(O)c2Cl. The molecule has 136 valence electrons. The van der Waals surface area contributed by atoms with Gasteiger partial charge < -0.3 is 20.1 Å². The van der Waals surface area contributed by atoms with E-state index in [1.807, 2.05) is 0 Å². The zero-order chi connectivity index (χ0) is 19.3. The van der Waals surface area contributed by atoms with Gasteiger partial charge in [-0.2, -0.15) is 0 Å². The van der Waals surface area contributed by atoms with E-state index in [0.29, 0.717) is 16.7 Å². The van der Waals surface area contributed by atoms with Crippen molar-refractivity contribution in [3.05, 3.63) is 80.8 Å². The third-order valence-electron chi connectivity index (χ3n) is 4.54. The first-order valence-electron chi connectivity index (χ1n) is 7.93. The molecule has 0 bridgehead atoms. The molecule has 27 heavy (non-hydrogen) atoms. The molecule has 1 aliphatic heterocycles. The molecule has 0 spiro atoms. The maximum absolute atomic E-state index is 11.8. The minimum absolute atomic E-state index is 0.0182. The average Bonchev–Trinajstić information content (AvgIpc) is 2.66. The minimum atomic E-state index is -1.07. The Morgan fingerprint density at radius 3 is 1.85 bits per heavy atom. The van der Waals surface area contributed by atoms with Crippen LogP contribution >= 0.6 is 23.2 Å². The van der Waals surface area contributed by atoms with Crippen molar-refractivity contribution in [3.63, 3.8) is 0 Å². The topological polar surface area (TPSA) is 87.0 Å². The minimum Gasteiger partial charge on any atom is -0.506 e. The van der Waals surface area contributed by atoms with Crippen LogP contribution in [0, 0.1) is 0 Å². The molecule has 4 rings (SSSR count). The van der Waals surface area contributed by atoms with Crippen molar-refractivity contribution in [2.75, 3.05) is 0 Å². The van der Waals surface area contributed by atoms with Gasteiger partial charge in [-0.1, -0.05) is 53.5 Å². The summed E-state index contributed by atoms with van der Waals surface area (Å²) in [5.41, 5.74) is 1.80. The first-order valence-corrected chi connectivity index (χ1v) is 8.68. The highest BCUT2D eigenvalue weighted by Crippen LogP contribution is 2.55. The first-order chi connectivity index (χ1) is 12.9. The Morgan fingerprint density at radius 1 is 0.815 bits per heavy atom. The lowest BCUT2D eigenvalue weighted by atomic mass is 9.80. The van der Waals surface area contributed by atoms with E-state index in [0.717, 1.165) is 0 Å². The number of ether oxygens (including phenoxy) is 1. The molecular weight excluding hydrogens is 391 g/mol. The number of hydrogen-bond acceptors (Lipinski definition) is 4. The Balaban J connectivity index is 2.08. The summed E-state index contributed by atoms with van der Waals surface area (Å²) in [7, 11) is 0. The fourth-order valence-electron chi connectivity index (χ4n) is 3.33. The van der Waals surface area contributed by atoms with Crippen LogP contribution in [0.2, 0.25) is 10.0 Å². The van der Waals surface area contributed by atoms with Crippen LogP contribution < -0.4 is 4.74 Å². The van der Waals surface area contributed by atoms with Gasteiger partial charge in [0.15, 0.2) is 11.5 Å². The highest BCUT2D eigenvalue weighted by Gasteiger charge is 2.35. The Labute approximate surface area is 164 Å². The second kappa shape index (κ2) is 6.37. The number of phenolic OH excluding ortho intramolecular Hbond substituents is 2. The van der Waals surface area contributed by atoms with Crippen LogP contribution in [0.1, 0.15) is 33.0 Å². The molecule has 7 heteroatoms. The number of aromatic carboxylic acids is 1. The number of rotatable bonds is 2. The van der Waals surface area contributed by atoms with Crippen molar-refractivity contribution >= 4 is 29.2 Å². The summed E-state index contributed by atoms with van der Waals surface area (Å²) in [5.74, 6) is -1.66. The van der Waals surface area contributed by atoms with E-state index in [9.17, 15) is 20.1 Å². The number of phenols is 2. The third kappa shape index (κ3) is 2.67. The molecule has 0 aromatic heterocycles. The predicted molar refractivity (Wildman–Crippen MR) is 101 cm³/mol. The molecule has 0 atom stereocenters. The number of carboxylic acids is 1. The number of fused-ring (bicyclic) bond motifs is 2. The van der Waals surface area contributed by atoms with Gasteiger partial charge in [-0.3, -0.25) is 0 Å². The van der Waals surface area contributed by atoms with Crippen molar-refractivity contribution in [1.82, 2.24) is 0 Å². The van der Waals surface area contributed by atoms with Gasteiger partial charge in [-0.05, 0) is 23.8 Å². The van der Waals surface area contributed by atoms with Crippen LogP contribution in [0.3, 0.4) is 0 Å². The van der Waals surface area contributed by atoms with Gasteiger partial charge in [0.05, 0.1) is 5.56 Å².